The first-order chi connectivity index (χ1) is 9.32. The van der Waals surface area contributed by atoms with Gasteiger partial charge in [0.15, 0.2) is 11.5 Å². The van der Waals surface area contributed by atoms with Gasteiger partial charge in [-0.2, -0.15) is 0 Å². The molecule has 0 saturated heterocycles. The van der Waals surface area contributed by atoms with Gasteiger partial charge in [-0.05, 0) is 66.0 Å². The van der Waals surface area contributed by atoms with Crippen LogP contribution in [0, 0.1) is 0 Å². The molecule has 8 heteroatoms. The smallest absolute Gasteiger partial charge is 0.186 e. The van der Waals surface area contributed by atoms with Gasteiger partial charge in [0.2, 0.25) is 0 Å². The van der Waals surface area contributed by atoms with E-state index in [0.29, 0.717) is 24.2 Å². The highest BCUT2D eigenvalue weighted by molar-refractivity contribution is 9.11. The molecule has 0 radical (unpaired) electrons. The number of hydrogen-bond acceptors (Lipinski definition) is 2. The molecule has 2 nitrogen and oxygen atoms in total. The highest BCUT2D eigenvalue weighted by Crippen LogP contribution is 2.51. The molecule has 2 aromatic rings. The minimum Gasteiger partial charge on any atom is -0.503 e. The van der Waals surface area contributed by atoms with Gasteiger partial charge in [0.1, 0.15) is 10.8 Å². The lowest BCUT2D eigenvalue weighted by Gasteiger charge is -2.14. The molecular formula is C12H4Br4Cl2O2. The molecule has 2 rings (SSSR count). The maximum atomic E-state index is 10.1. The zero-order chi connectivity index (χ0) is 15.0. The summed E-state index contributed by atoms with van der Waals surface area (Å²) >= 11 is 25.3. The lowest BCUT2D eigenvalue weighted by atomic mass is 10.3. The van der Waals surface area contributed by atoms with Gasteiger partial charge in [0, 0.05) is 4.47 Å². The average molecular weight is 571 g/mol. The number of benzene rings is 2. The van der Waals surface area contributed by atoms with E-state index in [4.69, 9.17) is 27.9 Å². The SMILES string of the molecule is Oc1c(Cl)c(Br)c(Cl)c(Br)c1Oc1ccc(Br)cc1Br. The van der Waals surface area contributed by atoms with Crippen LogP contribution in [0.1, 0.15) is 0 Å². The van der Waals surface area contributed by atoms with E-state index in [1.165, 1.54) is 0 Å². The Labute approximate surface area is 158 Å². The molecule has 1 N–H and O–H groups in total. The summed E-state index contributed by atoms with van der Waals surface area (Å²) in [6.07, 6.45) is 0. The minimum absolute atomic E-state index is 0.0847. The molecule has 0 bridgehead atoms. The Kier molecular flexibility index (Phi) is 5.71. The standard InChI is InChI=1S/C12H4Br4Cl2O2/c13-4-1-2-6(5(14)3-4)20-12-8(16)9(17)7(15)10(18)11(12)19/h1-3,19H. The fourth-order valence-electron chi connectivity index (χ4n) is 1.36. The van der Waals surface area contributed by atoms with Crippen LogP contribution in [-0.2, 0) is 0 Å². The zero-order valence-corrected chi connectivity index (χ0v) is 17.2. The predicted molar refractivity (Wildman–Crippen MR) is 95.4 cm³/mol. The largest absolute Gasteiger partial charge is 0.503 e. The summed E-state index contributed by atoms with van der Waals surface area (Å²) in [5.41, 5.74) is 0. The van der Waals surface area contributed by atoms with Crippen LogP contribution < -0.4 is 4.74 Å². The third-order valence-electron chi connectivity index (χ3n) is 2.31. The van der Waals surface area contributed by atoms with Crippen molar-refractivity contribution in [3.63, 3.8) is 0 Å². The Bertz CT molecular complexity index is 663. The van der Waals surface area contributed by atoms with Crippen LogP contribution in [0.15, 0.2) is 36.1 Å². The van der Waals surface area contributed by atoms with Gasteiger partial charge in [-0.1, -0.05) is 39.1 Å². The first kappa shape index (κ1) is 16.9. The third kappa shape index (κ3) is 3.31. The summed E-state index contributed by atoms with van der Waals surface area (Å²) in [4.78, 5) is 0. The summed E-state index contributed by atoms with van der Waals surface area (Å²) in [7, 11) is 0. The first-order valence-corrected chi connectivity index (χ1v) is 8.93. The van der Waals surface area contributed by atoms with E-state index >= 15 is 0 Å². The van der Waals surface area contributed by atoms with Crippen molar-refractivity contribution < 1.29 is 9.84 Å². The third-order valence-corrected chi connectivity index (χ3v) is 6.40. The van der Waals surface area contributed by atoms with Crippen LogP contribution in [0.4, 0.5) is 0 Å². The molecule has 2 aromatic carbocycles. The van der Waals surface area contributed by atoms with Crippen LogP contribution in [0.5, 0.6) is 17.2 Å². The van der Waals surface area contributed by atoms with Crippen LogP contribution in [-0.4, -0.2) is 5.11 Å². The number of ether oxygens (including phenoxy) is 1. The highest BCUT2D eigenvalue weighted by Gasteiger charge is 2.21. The molecule has 0 heterocycles. The van der Waals surface area contributed by atoms with Crippen molar-refractivity contribution in [2.24, 2.45) is 0 Å². The lowest BCUT2D eigenvalue weighted by Crippen LogP contribution is -1.90. The molecule has 0 aliphatic heterocycles. The monoisotopic (exact) mass is 566 g/mol. The molecule has 0 aliphatic carbocycles. The molecule has 20 heavy (non-hydrogen) atoms. The van der Waals surface area contributed by atoms with E-state index in [-0.39, 0.29) is 16.5 Å². The van der Waals surface area contributed by atoms with Crippen molar-refractivity contribution in [1.29, 1.82) is 0 Å². The number of phenolic OH excluding ortho intramolecular Hbond substituents is 1. The molecule has 0 atom stereocenters. The van der Waals surface area contributed by atoms with E-state index in [1.54, 1.807) is 6.07 Å². The van der Waals surface area contributed by atoms with Crippen molar-refractivity contribution in [3.05, 3.63) is 46.1 Å². The normalized spacial score (nSPS) is 10.7. The number of hydrogen-bond donors (Lipinski definition) is 1. The quantitative estimate of drug-likeness (QED) is 0.299. The van der Waals surface area contributed by atoms with E-state index in [0.717, 1.165) is 4.47 Å². The van der Waals surface area contributed by atoms with Gasteiger partial charge in [0.25, 0.3) is 0 Å². The molecular weight excluding hydrogens is 567 g/mol. The zero-order valence-electron chi connectivity index (χ0n) is 9.36. The molecule has 0 amide bonds. The van der Waals surface area contributed by atoms with Gasteiger partial charge < -0.3 is 9.84 Å². The second-order valence-corrected chi connectivity index (χ2v) is 7.72. The van der Waals surface area contributed by atoms with Crippen molar-refractivity contribution in [2.45, 2.75) is 0 Å². The van der Waals surface area contributed by atoms with Gasteiger partial charge in [-0.3, -0.25) is 0 Å². The summed E-state index contributed by atoms with van der Waals surface area (Å²) in [5.74, 6) is 0.453. The van der Waals surface area contributed by atoms with Crippen LogP contribution in [0.25, 0.3) is 0 Å². The molecule has 0 unspecified atom stereocenters. The van der Waals surface area contributed by atoms with Gasteiger partial charge in [-0.25, -0.2) is 0 Å². The van der Waals surface area contributed by atoms with Gasteiger partial charge in [-0.15, -0.1) is 0 Å². The maximum absolute atomic E-state index is 10.1. The van der Waals surface area contributed by atoms with E-state index in [1.807, 2.05) is 12.1 Å². The molecule has 0 spiro atoms. The average Bonchev–Trinajstić information content (AvgIpc) is 2.41. The molecule has 0 aliphatic rings. The van der Waals surface area contributed by atoms with Crippen LogP contribution in [0.2, 0.25) is 10.0 Å². The van der Waals surface area contributed by atoms with E-state index in [2.05, 4.69) is 63.7 Å². The summed E-state index contributed by atoms with van der Waals surface area (Å²) in [6, 6.07) is 5.37. The van der Waals surface area contributed by atoms with Crippen molar-refractivity contribution in [2.75, 3.05) is 0 Å². The molecule has 0 fully saturated rings. The highest BCUT2D eigenvalue weighted by atomic mass is 79.9. The molecule has 0 aromatic heterocycles. The maximum Gasteiger partial charge on any atom is 0.186 e. The van der Waals surface area contributed by atoms with Gasteiger partial charge in [0.05, 0.1) is 18.4 Å². The minimum atomic E-state index is -0.204. The molecule has 106 valence electrons. The Morgan fingerprint density at radius 3 is 2.20 bits per heavy atom. The fourth-order valence-corrected chi connectivity index (χ4v) is 4.02. The number of phenols is 1. The predicted octanol–water partition coefficient (Wildman–Crippen LogP) is 7.54. The Balaban J connectivity index is 2.54. The number of aromatic hydroxyl groups is 1. The Morgan fingerprint density at radius 1 is 0.950 bits per heavy atom. The van der Waals surface area contributed by atoms with Crippen LogP contribution >= 0.6 is 86.9 Å². The topological polar surface area (TPSA) is 29.5 Å². The van der Waals surface area contributed by atoms with Gasteiger partial charge >= 0.3 is 0 Å². The summed E-state index contributed by atoms with van der Waals surface area (Å²) < 4.78 is 8.10. The Hall–Kier alpha value is 0.540. The second kappa shape index (κ2) is 6.75. The van der Waals surface area contributed by atoms with Crippen molar-refractivity contribution in [1.82, 2.24) is 0 Å². The first-order valence-electron chi connectivity index (χ1n) is 5.00. The Morgan fingerprint density at radius 2 is 1.60 bits per heavy atom. The number of rotatable bonds is 2. The van der Waals surface area contributed by atoms with E-state index < -0.39 is 0 Å². The van der Waals surface area contributed by atoms with Crippen molar-refractivity contribution in [3.8, 4) is 17.2 Å². The molecule has 0 saturated carbocycles. The number of halogens is 6. The summed E-state index contributed by atoms with van der Waals surface area (Å²) in [6.45, 7) is 0. The fraction of sp³-hybridized carbons (Fsp3) is 0. The summed E-state index contributed by atoms with van der Waals surface area (Å²) in [5, 5.41) is 10.5. The lowest BCUT2D eigenvalue weighted by molar-refractivity contribution is 0.408. The second-order valence-electron chi connectivity index (χ2n) is 3.61. The van der Waals surface area contributed by atoms with Crippen LogP contribution in [0.3, 0.4) is 0 Å². The van der Waals surface area contributed by atoms with E-state index in [9.17, 15) is 5.11 Å². The van der Waals surface area contributed by atoms with Crippen molar-refractivity contribution >= 4 is 86.9 Å².